The molecule has 1 aromatic heterocycles. The number of halogens is 1. The summed E-state index contributed by atoms with van der Waals surface area (Å²) in [6.45, 7) is 1.81. The van der Waals surface area contributed by atoms with Crippen LogP contribution in [0.5, 0.6) is 0 Å². The van der Waals surface area contributed by atoms with Gasteiger partial charge in [0.2, 0.25) is 5.91 Å². The van der Waals surface area contributed by atoms with Gasteiger partial charge in [-0.15, -0.1) is 0 Å². The molecule has 0 N–H and O–H groups in total. The predicted octanol–water partition coefficient (Wildman–Crippen LogP) is 2.65. The average molecular weight is 414 g/mol. The lowest BCUT2D eigenvalue weighted by molar-refractivity contribution is -0.130. The fourth-order valence-corrected chi connectivity index (χ4v) is 5.82. The van der Waals surface area contributed by atoms with Crippen LogP contribution in [0.15, 0.2) is 41.8 Å². The molecule has 3 rings (SSSR count). The average Bonchev–Trinajstić information content (AvgIpc) is 3.20. The molecule has 140 valence electrons. The zero-order valence-corrected chi connectivity index (χ0v) is 16.9. The Labute approximate surface area is 162 Å². The Morgan fingerprint density at radius 2 is 2.08 bits per heavy atom. The number of thioether (sulfide) groups is 1. The summed E-state index contributed by atoms with van der Waals surface area (Å²) in [5.41, 5.74) is 0.907. The van der Waals surface area contributed by atoms with Gasteiger partial charge in [-0.05, 0) is 37.6 Å². The molecule has 9 heteroatoms. The molecule has 1 fully saturated rings. The molecule has 1 aliphatic heterocycles. The summed E-state index contributed by atoms with van der Waals surface area (Å²) in [5.74, 6) is 0.104. The molecule has 1 amide bonds. The van der Waals surface area contributed by atoms with Crippen LogP contribution in [0.4, 0.5) is 0 Å². The standard InChI is InChI=1S/C17H20ClN3O3S2/c1-12(16(22)20(2)15-7-10-26(23,24)11-15)25-17-19-8-9-21(17)14-5-3-13(18)4-6-14/h3-6,8-9,12,15H,7,10-11H2,1-2H3. The summed E-state index contributed by atoms with van der Waals surface area (Å²) >= 11 is 7.28. The predicted molar refractivity (Wildman–Crippen MR) is 104 cm³/mol. The second-order valence-electron chi connectivity index (χ2n) is 6.32. The van der Waals surface area contributed by atoms with Gasteiger partial charge in [0, 0.05) is 36.2 Å². The van der Waals surface area contributed by atoms with Crippen molar-refractivity contribution < 1.29 is 13.2 Å². The van der Waals surface area contributed by atoms with Gasteiger partial charge in [0.15, 0.2) is 15.0 Å². The molecule has 1 aromatic carbocycles. The van der Waals surface area contributed by atoms with Crippen LogP contribution < -0.4 is 0 Å². The Morgan fingerprint density at radius 3 is 2.69 bits per heavy atom. The van der Waals surface area contributed by atoms with Crippen LogP contribution >= 0.6 is 23.4 Å². The molecule has 0 aliphatic carbocycles. The van der Waals surface area contributed by atoms with Gasteiger partial charge < -0.3 is 4.90 Å². The van der Waals surface area contributed by atoms with E-state index >= 15 is 0 Å². The summed E-state index contributed by atoms with van der Waals surface area (Å²) in [5, 5.41) is 0.970. The zero-order valence-electron chi connectivity index (χ0n) is 14.5. The Morgan fingerprint density at radius 1 is 1.38 bits per heavy atom. The van der Waals surface area contributed by atoms with Crippen LogP contribution in [-0.2, 0) is 14.6 Å². The minimum atomic E-state index is -3.02. The molecule has 0 radical (unpaired) electrons. The normalized spacial score (nSPS) is 20.0. The summed E-state index contributed by atoms with van der Waals surface area (Å²) in [7, 11) is -1.35. The van der Waals surface area contributed by atoms with Crippen molar-refractivity contribution in [1.82, 2.24) is 14.5 Å². The largest absolute Gasteiger partial charge is 0.341 e. The highest BCUT2D eigenvalue weighted by Crippen LogP contribution is 2.27. The highest BCUT2D eigenvalue weighted by atomic mass is 35.5. The lowest BCUT2D eigenvalue weighted by Crippen LogP contribution is -2.41. The van der Waals surface area contributed by atoms with Crippen molar-refractivity contribution in [2.45, 2.75) is 29.8 Å². The third-order valence-electron chi connectivity index (χ3n) is 4.45. The molecule has 0 bridgehead atoms. The molecule has 2 unspecified atom stereocenters. The quantitative estimate of drug-likeness (QED) is 0.704. The van der Waals surface area contributed by atoms with Gasteiger partial charge in [0.25, 0.3) is 0 Å². The molecule has 2 aromatic rings. The van der Waals surface area contributed by atoms with Crippen molar-refractivity contribution in [3.63, 3.8) is 0 Å². The topological polar surface area (TPSA) is 72.3 Å². The van der Waals surface area contributed by atoms with E-state index < -0.39 is 9.84 Å². The van der Waals surface area contributed by atoms with E-state index in [0.29, 0.717) is 16.6 Å². The van der Waals surface area contributed by atoms with Crippen molar-refractivity contribution in [3.8, 4) is 5.69 Å². The number of sulfone groups is 1. The van der Waals surface area contributed by atoms with Gasteiger partial charge in [0.1, 0.15) is 0 Å². The molecular formula is C17H20ClN3O3S2. The number of nitrogens with zero attached hydrogens (tertiary/aromatic N) is 3. The van der Waals surface area contributed by atoms with Gasteiger partial charge in [0.05, 0.1) is 16.8 Å². The van der Waals surface area contributed by atoms with E-state index in [2.05, 4.69) is 4.98 Å². The number of carbonyl (C=O) groups excluding carboxylic acids is 1. The number of aromatic nitrogens is 2. The maximum atomic E-state index is 12.7. The van der Waals surface area contributed by atoms with E-state index in [0.717, 1.165) is 5.69 Å². The first-order valence-corrected chi connectivity index (χ1v) is 11.3. The maximum Gasteiger partial charge on any atom is 0.235 e. The van der Waals surface area contributed by atoms with Crippen LogP contribution in [-0.4, -0.2) is 58.6 Å². The van der Waals surface area contributed by atoms with Gasteiger partial charge in [-0.2, -0.15) is 0 Å². The van der Waals surface area contributed by atoms with E-state index in [9.17, 15) is 13.2 Å². The van der Waals surface area contributed by atoms with Crippen molar-refractivity contribution in [2.24, 2.45) is 0 Å². The highest BCUT2D eigenvalue weighted by molar-refractivity contribution is 8.00. The van der Waals surface area contributed by atoms with Gasteiger partial charge in [-0.25, -0.2) is 13.4 Å². The second-order valence-corrected chi connectivity index (χ2v) is 10.3. The van der Waals surface area contributed by atoms with E-state index in [4.69, 9.17) is 11.6 Å². The maximum absolute atomic E-state index is 12.7. The number of hydrogen-bond donors (Lipinski definition) is 0. The molecule has 2 heterocycles. The fraction of sp³-hybridized carbons (Fsp3) is 0.412. The highest BCUT2D eigenvalue weighted by Gasteiger charge is 2.34. The first kappa shape index (κ1) is 19.3. The molecular weight excluding hydrogens is 394 g/mol. The summed E-state index contributed by atoms with van der Waals surface area (Å²) < 4.78 is 25.2. The molecule has 1 aliphatic rings. The minimum absolute atomic E-state index is 0.0476. The van der Waals surface area contributed by atoms with Crippen LogP contribution in [0.3, 0.4) is 0 Å². The first-order chi connectivity index (χ1) is 12.3. The Balaban J connectivity index is 1.70. The Kier molecular flexibility index (Phi) is 5.64. The molecule has 6 nitrogen and oxygen atoms in total. The monoisotopic (exact) mass is 413 g/mol. The number of benzene rings is 1. The number of carbonyl (C=O) groups is 1. The fourth-order valence-electron chi connectivity index (χ4n) is 2.93. The van der Waals surface area contributed by atoms with E-state index in [1.807, 2.05) is 29.8 Å². The van der Waals surface area contributed by atoms with Crippen LogP contribution in [0.2, 0.25) is 5.02 Å². The third-order valence-corrected chi connectivity index (χ3v) is 7.52. The summed E-state index contributed by atoms with van der Waals surface area (Å²) in [4.78, 5) is 18.6. The van der Waals surface area contributed by atoms with Crippen LogP contribution in [0.25, 0.3) is 5.69 Å². The van der Waals surface area contributed by atoms with Crippen LogP contribution in [0, 0.1) is 0 Å². The summed E-state index contributed by atoms with van der Waals surface area (Å²) in [6, 6.07) is 7.13. The number of hydrogen-bond acceptors (Lipinski definition) is 5. The van der Waals surface area contributed by atoms with Crippen LogP contribution in [0.1, 0.15) is 13.3 Å². The number of imidazole rings is 1. The van der Waals surface area contributed by atoms with Crippen molar-refractivity contribution in [2.75, 3.05) is 18.6 Å². The van der Waals surface area contributed by atoms with Gasteiger partial charge >= 0.3 is 0 Å². The Bertz CT molecular complexity index is 896. The number of rotatable bonds is 5. The Hall–Kier alpha value is -1.51. The second kappa shape index (κ2) is 7.62. The van der Waals surface area contributed by atoms with E-state index in [1.165, 1.54) is 11.8 Å². The zero-order chi connectivity index (χ0) is 18.9. The van der Waals surface area contributed by atoms with Crippen molar-refractivity contribution in [3.05, 3.63) is 41.7 Å². The molecule has 0 spiro atoms. The smallest absolute Gasteiger partial charge is 0.235 e. The lowest BCUT2D eigenvalue weighted by atomic mass is 10.2. The lowest BCUT2D eigenvalue weighted by Gasteiger charge is -2.26. The molecule has 0 saturated carbocycles. The van der Waals surface area contributed by atoms with Crippen molar-refractivity contribution in [1.29, 1.82) is 0 Å². The van der Waals surface area contributed by atoms with E-state index in [1.54, 1.807) is 30.3 Å². The molecule has 2 atom stereocenters. The molecule has 1 saturated heterocycles. The SMILES string of the molecule is CC(Sc1nccn1-c1ccc(Cl)cc1)C(=O)N(C)C1CCS(=O)(=O)C1. The molecule has 26 heavy (non-hydrogen) atoms. The van der Waals surface area contributed by atoms with Crippen molar-refractivity contribution >= 4 is 39.1 Å². The minimum Gasteiger partial charge on any atom is -0.341 e. The third kappa shape index (κ3) is 4.24. The summed E-state index contributed by atoms with van der Waals surface area (Å²) in [6.07, 6.45) is 4.01. The first-order valence-electron chi connectivity index (χ1n) is 8.20. The van der Waals surface area contributed by atoms with E-state index in [-0.39, 0.29) is 28.7 Å². The number of amides is 1. The van der Waals surface area contributed by atoms with Gasteiger partial charge in [-0.3, -0.25) is 9.36 Å². The van der Waals surface area contributed by atoms with Gasteiger partial charge in [-0.1, -0.05) is 23.4 Å².